The molecular weight excluding hydrogens is 339 g/mol. The van der Waals surface area contributed by atoms with Crippen LogP contribution < -0.4 is 0 Å². The lowest BCUT2D eigenvalue weighted by atomic mass is 9.95. The third-order valence-corrected chi connectivity index (χ3v) is 5.87. The molecule has 1 aliphatic rings. The molecule has 0 spiro atoms. The first-order valence-electron chi connectivity index (χ1n) is 9.70. The minimum absolute atomic E-state index is 0.285. The van der Waals surface area contributed by atoms with Crippen LogP contribution in [0.25, 0.3) is 10.9 Å². The van der Waals surface area contributed by atoms with Crippen molar-refractivity contribution in [1.82, 2.24) is 9.47 Å². The zero-order valence-electron chi connectivity index (χ0n) is 16.3. The molecule has 0 aliphatic carbocycles. The van der Waals surface area contributed by atoms with Gasteiger partial charge in [-0.3, -0.25) is 4.90 Å². The maximum atomic E-state index is 13.3. The van der Waals surface area contributed by atoms with Crippen LogP contribution in [0.5, 0.6) is 0 Å². The van der Waals surface area contributed by atoms with Crippen LogP contribution in [0.3, 0.4) is 0 Å². The lowest BCUT2D eigenvalue weighted by Crippen LogP contribution is -2.33. The minimum atomic E-state index is -1.08. The van der Waals surface area contributed by atoms with Gasteiger partial charge in [-0.05, 0) is 62.2 Å². The number of hydrogen-bond donors (Lipinski definition) is 1. The monoisotopic (exact) mass is 366 g/mol. The number of rotatable bonds is 4. The number of hydrogen-bond acceptors (Lipinski definition) is 2. The van der Waals surface area contributed by atoms with Crippen LogP contribution in [0.15, 0.2) is 42.5 Å². The van der Waals surface area contributed by atoms with Gasteiger partial charge < -0.3 is 9.67 Å². The molecule has 1 aromatic heterocycles. The van der Waals surface area contributed by atoms with Gasteiger partial charge in [0.1, 0.15) is 11.4 Å². The summed E-state index contributed by atoms with van der Waals surface area (Å²) in [6.45, 7) is 9.58. The van der Waals surface area contributed by atoms with Crippen molar-refractivity contribution in [3.05, 3.63) is 70.7 Å². The first-order valence-corrected chi connectivity index (χ1v) is 9.70. The van der Waals surface area contributed by atoms with Gasteiger partial charge in [0.25, 0.3) is 0 Å². The Morgan fingerprint density at radius 2 is 1.89 bits per heavy atom. The van der Waals surface area contributed by atoms with E-state index in [0.29, 0.717) is 6.54 Å². The quantitative estimate of drug-likeness (QED) is 0.742. The average molecular weight is 366 g/mol. The van der Waals surface area contributed by atoms with Gasteiger partial charge in [0.05, 0.1) is 6.54 Å². The zero-order valence-corrected chi connectivity index (χ0v) is 16.3. The Morgan fingerprint density at radius 1 is 1.15 bits per heavy atom. The standard InChI is InChI=1S/C23H27FN2O/c1-4-25-12-11-19-20-13-16(2)5-10-21(20)26(22(19)14-25)15-23(3,27)17-6-8-18(24)9-7-17/h5-10,13,27H,4,11-12,14-15H2,1-3H3. The van der Waals surface area contributed by atoms with Gasteiger partial charge in [0.2, 0.25) is 0 Å². The number of aryl methyl sites for hydroxylation is 1. The van der Waals surface area contributed by atoms with Gasteiger partial charge >= 0.3 is 0 Å². The first-order chi connectivity index (χ1) is 12.9. The van der Waals surface area contributed by atoms with E-state index < -0.39 is 5.60 Å². The van der Waals surface area contributed by atoms with Crippen molar-refractivity contribution >= 4 is 10.9 Å². The number of likely N-dealkylation sites (N-methyl/N-ethyl adjacent to an activating group) is 1. The van der Waals surface area contributed by atoms with Crippen LogP contribution in [0.1, 0.15) is 36.2 Å². The summed E-state index contributed by atoms with van der Waals surface area (Å²) in [6, 6.07) is 12.7. The van der Waals surface area contributed by atoms with Crippen molar-refractivity contribution in [2.24, 2.45) is 0 Å². The molecule has 1 N–H and O–H groups in total. The highest BCUT2D eigenvalue weighted by atomic mass is 19.1. The normalized spacial score (nSPS) is 17.1. The van der Waals surface area contributed by atoms with Crippen molar-refractivity contribution in [3.63, 3.8) is 0 Å². The maximum Gasteiger partial charge on any atom is 0.123 e. The molecule has 0 radical (unpaired) electrons. The van der Waals surface area contributed by atoms with Crippen molar-refractivity contribution in [2.45, 2.75) is 45.9 Å². The first kappa shape index (κ1) is 18.2. The van der Waals surface area contributed by atoms with Gasteiger partial charge in [-0.2, -0.15) is 0 Å². The van der Waals surface area contributed by atoms with Crippen molar-refractivity contribution in [3.8, 4) is 0 Å². The molecule has 1 atom stereocenters. The molecule has 0 saturated carbocycles. The third kappa shape index (κ3) is 3.28. The SMILES string of the molecule is CCN1CCc2c(n(CC(C)(O)c3ccc(F)cc3)c3ccc(C)cc23)C1. The number of aliphatic hydroxyl groups is 1. The highest BCUT2D eigenvalue weighted by Crippen LogP contribution is 2.34. The fourth-order valence-electron chi connectivity index (χ4n) is 4.27. The summed E-state index contributed by atoms with van der Waals surface area (Å²) >= 11 is 0. The molecule has 3 aromatic rings. The summed E-state index contributed by atoms with van der Waals surface area (Å²) in [5.41, 5.74) is 4.79. The second-order valence-electron chi connectivity index (χ2n) is 7.93. The largest absolute Gasteiger partial charge is 0.384 e. The number of benzene rings is 2. The Bertz CT molecular complexity index is 972. The Hall–Kier alpha value is -2.17. The Balaban J connectivity index is 1.82. The van der Waals surface area contributed by atoms with E-state index in [9.17, 15) is 9.50 Å². The number of fused-ring (bicyclic) bond motifs is 3. The summed E-state index contributed by atoms with van der Waals surface area (Å²) < 4.78 is 15.6. The number of nitrogens with zero attached hydrogens (tertiary/aromatic N) is 2. The van der Waals surface area contributed by atoms with E-state index in [-0.39, 0.29) is 5.82 Å². The molecule has 0 amide bonds. The van der Waals surface area contributed by atoms with Gasteiger partial charge in [0, 0.05) is 29.7 Å². The molecule has 142 valence electrons. The molecule has 4 rings (SSSR count). The van der Waals surface area contributed by atoms with Gasteiger partial charge in [-0.1, -0.05) is 30.7 Å². The van der Waals surface area contributed by atoms with E-state index in [1.807, 2.05) is 6.92 Å². The van der Waals surface area contributed by atoms with Crippen molar-refractivity contribution in [2.75, 3.05) is 13.1 Å². The zero-order chi connectivity index (χ0) is 19.2. The molecule has 0 saturated heterocycles. The lowest BCUT2D eigenvalue weighted by molar-refractivity contribution is 0.0379. The van der Waals surface area contributed by atoms with E-state index in [4.69, 9.17) is 0 Å². The summed E-state index contributed by atoms with van der Waals surface area (Å²) in [5.74, 6) is -0.285. The van der Waals surface area contributed by atoms with Gasteiger partial charge in [-0.25, -0.2) is 4.39 Å². The molecule has 27 heavy (non-hydrogen) atoms. The average Bonchev–Trinajstić information content (AvgIpc) is 2.94. The molecule has 0 fully saturated rings. The maximum absolute atomic E-state index is 13.3. The van der Waals surface area contributed by atoms with E-state index >= 15 is 0 Å². The fourth-order valence-corrected chi connectivity index (χ4v) is 4.27. The fraction of sp³-hybridized carbons (Fsp3) is 0.391. The number of aromatic nitrogens is 1. The molecule has 2 heterocycles. The molecule has 3 nitrogen and oxygen atoms in total. The van der Waals surface area contributed by atoms with Crippen LogP contribution in [-0.4, -0.2) is 27.7 Å². The highest BCUT2D eigenvalue weighted by Gasteiger charge is 2.29. The Labute approximate surface area is 160 Å². The summed E-state index contributed by atoms with van der Waals surface area (Å²) in [6.07, 6.45) is 1.04. The topological polar surface area (TPSA) is 28.4 Å². The minimum Gasteiger partial charge on any atom is -0.384 e. The van der Waals surface area contributed by atoms with Gasteiger partial charge in [-0.15, -0.1) is 0 Å². The molecule has 2 aromatic carbocycles. The van der Waals surface area contributed by atoms with Crippen LogP contribution in [-0.2, 0) is 25.1 Å². The number of halogens is 1. The highest BCUT2D eigenvalue weighted by molar-refractivity contribution is 5.86. The Kier molecular flexibility index (Phi) is 4.57. The van der Waals surface area contributed by atoms with Gasteiger partial charge in [0.15, 0.2) is 0 Å². The summed E-state index contributed by atoms with van der Waals surface area (Å²) in [7, 11) is 0. The predicted molar refractivity (Wildman–Crippen MR) is 107 cm³/mol. The van der Waals surface area contributed by atoms with Crippen molar-refractivity contribution in [1.29, 1.82) is 0 Å². The van der Waals surface area contributed by atoms with Crippen molar-refractivity contribution < 1.29 is 9.50 Å². The second kappa shape index (κ2) is 6.77. The third-order valence-electron chi connectivity index (χ3n) is 5.87. The van der Waals surface area contributed by atoms with E-state index in [1.165, 1.54) is 39.9 Å². The summed E-state index contributed by atoms with van der Waals surface area (Å²) in [5, 5.41) is 12.5. The van der Waals surface area contributed by atoms with Crippen LogP contribution in [0.2, 0.25) is 0 Å². The smallest absolute Gasteiger partial charge is 0.123 e. The van der Waals surface area contributed by atoms with Crippen LogP contribution in [0, 0.1) is 12.7 Å². The van der Waals surface area contributed by atoms with E-state index in [1.54, 1.807) is 12.1 Å². The molecule has 0 bridgehead atoms. The molecule has 4 heteroatoms. The predicted octanol–water partition coefficient (Wildman–Crippen LogP) is 4.37. The molecule has 1 aliphatic heterocycles. The second-order valence-corrected chi connectivity index (χ2v) is 7.93. The van der Waals surface area contributed by atoms with Crippen LogP contribution in [0.4, 0.5) is 4.39 Å². The molecular formula is C23H27FN2O. The molecule has 1 unspecified atom stereocenters. The lowest BCUT2D eigenvalue weighted by Gasteiger charge is -2.30. The van der Waals surface area contributed by atoms with E-state index in [2.05, 4.69) is 41.5 Å². The van der Waals surface area contributed by atoms with E-state index in [0.717, 1.165) is 31.6 Å². The summed E-state index contributed by atoms with van der Waals surface area (Å²) in [4.78, 5) is 2.44. The Morgan fingerprint density at radius 3 is 2.59 bits per heavy atom. The van der Waals surface area contributed by atoms with Crippen LogP contribution >= 0.6 is 0 Å².